The van der Waals surface area contributed by atoms with E-state index in [-0.39, 0.29) is 6.03 Å². The molecule has 0 spiro atoms. The van der Waals surface area contributed by atoms with E-state index in [1.807, 2.05) is 32.0 Å². The average molecular weight is 257 g/mol. The summed E-state index contributed by atoms with van der Waals surface area (Å²) in [6.07, 6.45) is 2.97. The Morgan fingerprint density at radius 2 is 1.95 bits per heavy atom. The summed E-state index contributed by atoms with van der Waals surface area (Å²) in [5.74, 6) is 0.576. The number of benzene rings is 1. The second-order valence-electron chi connectivity index (χ2n) is 4.11. The first-order valence-electron chi connectivity index (χ1n) is 5.86. The number of aryl methyl sites for hydroxylation is 2. The topological polar surface area (TPSA) is 66.6 Å². The third kappa shape index (κ3) is 3.45. The number of nitrogens with one attached hydrogen (secondary N) is 2. The summed E-state index contributed by atoms with van der Waals surface area (Å²) in [7, 11) is 0. The Kier molecular flexibility index (Phi) is 3.97. The van der Waals surface area contributed by atoms with Gasteiger partial charge in [0.05, 0.1) is 12.5 Å². The standard InChI is InChI=1S/C14H15N3O2/c1-10-5-3-6-11(2)13(10)16-14(18)17-15-9-12-7-4-8-19-12/h3-9H,1-2H3,(H2,16,17,18)/b15-9-. The highest BCUT2D eigenvalue weighted by atomic mass is 16.3. The molecule has 0 saturated carbocycles. The van der Waals surface area contributed by atoms with E-state index < -0.39 is 0 Å². The maximum absolute atomic E-state index is 11.7. The van der Waals surface area contributed by atoms with Crippen LogP contribution >= 0.6 is 0 Å². The van der Waals surface area contributed by atoms with Crippen molar-refractivity contribution in [1.29, 1.82) is 0 Å². The second-order valence-corrected chi connectivity index (χ2v) is 4.11. The normalized spacial score (nSPS) is 10.6. The van der Waals surface area contributed by atoms with Crippen LogP contribution in [-0.4, -0.2) is 12.2 Å². The van der Waals surface area contributed by atoms with Crippen LogP contribution < -0.4 is 10.7 Å². The van der Waals surface area contributed by atoms with E-state index in [9.17, 15) is 4.79 Å². The molecule has 0 bridgehead atoms. The summed E-state index contributed by atoms with van der Waals surface area (Å²) in [5, 5.41) is 6.55. The number of rotatable bonds is 3. The van der Waals surface area contributed by atoms with Gasteiger partial charge in [0.2, 0.25) is 0 Å². The van der Waals surface area contributed by atoms with E-state index in [2.05, 4.69) is 15.8 Å². The number of hydrogen-bond acceptors (Lipinski definition) is 3. The van der Waals surface area contributed by atoms with Gasteiger partial charge >= 0.3 is 6.03 Å². The summed E-state index contributed by atoms with van der Waals surface area (Å²) >= 11 is 0. The van der Waals surface area contributed by atoms with Crippen molar-refractivity contribution in [3.8, 4) is 0 Å². The molecule has 0 unspecified atom stereocenters. The van der Waals surface area contributed by atoms with Gasteiger partial charge in [-0.1, -0.05) is 18.2 Å². The van der Waals surface area contributed by atoms with Crippen molar-refractivity contribution in [1.82, 2.24) is 5.43 Å². The van der Waals surface area contributed by atoms with Gasteiger partial charge in [-0.25, -0.2) is 10.2 Å². The van der Waals surface area contributed by atoms with E-state index in [1.54, 1.807) is 12.1 Å². The SMILES string of the molecule is Cc1cccc(C)c1NC(=O)N/N=C\c1ccco1. The molecular weight excluding hydrogens is 242 g/mol. The molecule has 5 heteroatoms. The molecule has 5 nitrogen and oxygen atoms in total. The van der Waals surface area contributed by atoms with E-state index in [1.165, 1.54) is 12.5 Å². The Morgan fingerprint density at radius 3 is 2.58 bits per heavy atom. The number of urea groups is 1. The monoisotopic (exact) mass is 257 g/mol. The lowest BCUT2D eigenvalue weighted by Crippen LogP contribution is -2.25. The van der Waals surface area contributed by atoms with Crippen molar-refractivity contribution in [3.63, 3.8) is 0 Å². The number of hydrazone groups is 1. The molecule has 0 aliphatic heterocycles. The summed E-state index contributed by atoms with van der Waals surface area (Å²) in [6.45, 7) is 3.88. The minimum Gasteiger partial charge on any atom is -0.463 e. The molecule has 1 aromatic carbocycles. The third-order valence-electron chi connectivity index (χ3n) is 2.62. The van der Waals surface area contributed by atoms with Gasteiger partial charge in [0.25, 0.3) is 0 Å². The zero-order chi connectivity index (χ0) is 13.7. The maximum Gasteiger partial charge on any atom is 0.339 e. The number of anilines is 1. The lowest BCUT2D eigenvalue weighted by atomic mass is 10.1. The number of carbonyl (C=O) groups excluding carboxylic acids is 1. The zero-order valence-electron chi connectivity index (χ0n) is 10.8. The van der Waals surface area contributed by atoms with Crippen LogP contribution in [0.2, 0.25) is 0 Å². The van der Waals surface area contributed by atoms with Crippen LogP contribution in [0.4, 0.5) is 10.5 Å². The molecule has 1 aromatic heterocycles. The molecule has 98 valence electrons. The minimum absolute atomic E-state index is 0.389. The predicted molar refractivity (Wildman–Crippen MR) is 74.4 cm³/mol. The molecule has 2 amide bonds. The fourth-order valence-corrected chi connectivity index (χ4v) is 1.67. The van der Waals surface area contributed by atoms with Gasteiger partial charge in [0, 0.05) is 5.69 Å². The smallest absolute Gasteiger partial charge is 0.339 e. The lowest BCUT2D eigenvalue weighted by molar-refractivity contribution is 0.252. The first-order chi connectivity index (χ1) is 9.16. The molecule has 0 fully saturated rings. The highest BCUT2D eigenvalue weighted by Gasteiger charge is 2.05. The number of carbonyl (C=O) groups is 1. The summed E-state index contributed by atoms with van der Waals surface area (Å²) < 4.78 is 5.05. The van der Waals surface area contributed by atoms with Crippen LogP contribution in [-0.2, 0) is 0 Å². The van der Waals surface area contributed by atoms with Gasteiger partial charge in [-0.2, -0.15) is 5.10 Å². The third-order valence-corrected chi connectivity index (χ3v) is 2.62. The quantitative estimate of drug-likeness (QED) is 0.655. The summed E-state index contributed by atoms with van der Waals surface area (Å²) in [4.78, 5) is 11.7. The Morgan fingerprint density at radius 1 is 1.21 bits per heavy atom. The molecule has 0 atom stereocenters. The second kappa shape index (κ2) is 5.86. The van der Waals surface area contributed by atoms with Crippen molar-refractivity contribution < 1.29 is 9.21 Å². The van der Waals surface area contributed by atoms with Gasteiger partial charge < -0.3 is 9.73 Å². The molecule has 1 heterocycles. The number of amides is 2. The van der Waals surface area contributed by atoms with E-state index >= 15 is 0 Å². The molecule has 2 N–H and O–H groups in total. The van der Waals surface area contributed by atoms with Crippen molar-refractivity contribution >= 4 is 17.9 Å². The van der Waals surface area contributed by atoms with E-state index in [0.29, 0.717) is 5.76 Å². The maximum atomic E-state index is 11.7. The van der Waals surface area contributed by atoms with Gasteiger partial charge in [0.15, 0.2) is 0 Å². The molecular formula is C14H15N3O2. The van der Waals surface area contributed by atoms with Gasteiger partial charge in [-0.3, -0.25) is 0 Å². The van der Waals surface area contributed by atoms with Crippen molar-refractivity contribution in [3.05, 3.63) is 53.5 Å². The molecule has 2 aromatic rings. The number of nitrogens with zero attached hydrogens (tertiary/aromatic N) is 1. The van der Waals surface area contributed by atoms with Crippen LogP contribution in [0.15, 0.2) is 46.1 Å². The molecule has 0 saturated heterocycles. The van der Waals surface area contributed by atoms with Gasteiger partial charge in [0.1, 0.15) is 5.76 Å². The van der Waals surface area contributed by atoms with Crippen LogP contribution in [0.5, 0.6) is 0 Å². The predicted octanol–water partition coefficient (Wildman–Crippen LogP) is 3.05. The number of para-hydroxylation sites is 1. The zero-order valence-corrected chi connectivity index (χ0v) is 10.8. The highest BCUT2D eigenvalue weighted by molar-refractivity contribution is 5.91. The molecule has 0 radical (unpaired) electrons. The van der Waals surface area contributed by atoms with Crippen LogP contribution in [0.25, 0.3) is 0 Å². The first-order valence-corrected chi connectivity index (χ1v) is 5.86. The fourth-order valence-electron chi connectivity index (χ4n) is 1.67. The molecule has 2 rings (SSSR count). The Bertz CT molecular complexity index is 568. The number of hydrogen-bond donors (Lipinski definition) is 2. The largest absolute Gasteiger partial charge is 0.463 e. The lowest BCUT2D eigenvalue weighted by Gasteiger charge is -2.10. The van der Waals surface area contributed by atoms with Crippen LogP contribution in [0.1, 0.15) is 16.9 Å². The van der Waals surface area contributed by atoms with E-state index in [0.717, 1.165) is 16.8 Å². The summed E-state index contributed by atoms with van der Waals surface area (Å²) in [5.41, 5.74) is 5.19. The molecule has 0 aliphatic carbocycles. The summed E-state index contributed by atoms with van der Waals surface area (Å²) in [6, 6.07) is 8.93. The van der Waals surface area contributed by atoms with E-state index in [4.69, 9.17) is 4.42 Å². The fraction of sp³-hybridized carbons (Fsp3) is 0.143. The Labute approximate surface area is 111 Å². The molecule has 0 aliphatic rings. The van der Waals surface area contributed by atoms with Crippen LogP contribution in [0.3, 0.4) is 0 Å². The average Bonchev–Trinajstić information content (AvgIpc) is 2.87. The Hall–Kier alpha value is -2.56. The van der Waals surface area contributed by atoms with Crippen molar-refractivity contribution in [2.24, 2.45) is 5.10 Å². The van der Waals surface area contributed by atoms with Gasteiger partial charge in [-0.05, 0) is 37.1 Å². The van der Waals surface area contributed by atoms with Gasteiger partial charge in [-0.15, -0.1) is 0 Å². The minimum atomic E-state index is -0.389. The Balaban J connectivity index is 1.95. The highest BCUT2D eigenvalue weighted by Crippen LogP contribution is 2.18. The van der Waals surface area contributed by atoms with Crippen LogP contribution in [0, 0.1) is 13.8 Å². The first kappa shape index (κ1) is 12.9. The van der Waals surface area contributed by atoms with Crippen molar-refractivity contribution in [2.45, 2.75) is 13.8 Å². The molecule has 19 heavy (non-hydrogen) atoms. The number of furan rings is 1. The van der Waals surface area contributed by atoms with Crippen molar-refractivity contribution in [2.75, 3.05) is 5.32 Å².